The molecule has 1 saturated heterocycles. The highest BCUT2D eigenvalue weighted by molar-refractivity contribution is 7.99. The summed E-state index contributed by atoms with van der Waals surface area (Å²) in [5.41, 5.74) is 3.71. The van der Waals surface area contributed by atoms with Crippen LogP contribution in [-0.4, -0.2) is 43.6 Å². The molecule has 1 aliphatic heterocycles. The average molecular weight is 471 g/mol. The molecule has 0 unspecified atom stereocenters. The number of carbonyl (C=O) groups excluding carboxylic acids is 1. The molecule has 168 valence electrons. The molecule has 0 bridgehead atoms. The van der Waals surface area contributed by atoms with Gasteiger partial charge in [0.2, 0.25) is 0 Å². The zero-order valence-corrected chi connectivity index (χ0v) is 20.0. The third-order valence-corrected chi connectivity index (χ3v) is 6.97. The Morgan fingerprint density at radius 3 is 2.75 bits per heavy atom. The van der Waals surface area contributed by atoms with Gasteiger partial charge in [-0.3, -0.25) is 9.36 Å². The molecule has 0 amide bonds. The minimum absolute atomic E-state index is 0.0816. The topological polar surface area (TPSA) is 61.9 Å². The van der Waals surface area contributed by atoms with E-state index < -0.39 is 0 Å². The van der Waals surface area contributed by atoms with Crippen LogP contribution in [0.1, 0.15) is 34.6 Å². The molecule has 1 fully saturated rings. The van der Waals surface area contributed by atoms with Gasteiger partial charge in [0.15, 0.2) is 16.8 Å². The summed E-state index contributed by atoms with van der Waals surface area (Å²) in [6, 6.07) is 9.52. The monoisotopic (exact) mass is 470 g/mol. The molecule has 32 heavy (non-hydrogen) atoms. The number of nitrogens with zero attached hydrogens (tertiary/aromatic N) is 4. The van der Waals surface area contributed by atoms with Crippen molar-refractivity contribution in [1.29, 1.82) is 0 Å². The van der Waals surface area contributed by atoms with Crippen LogP contribution in [0.3, 0.4) is 0 Å². The molecule has 0 aliphatic carbocycles. The zero-order chi connectivity index (χ0) is 22.7. The molecule has 1 atom stereocenters. The van der Waals surface area contributed by atoms with Gasteiger partial charge in [-0.2, -0.15) is 0 Å². The first-order valence-corrected chi connectivity index (χ1v) is 12.1. The van der Waals surface area contributed by atoms with Crippen LogP contribution in [0.2, 0.25) is 5.02 Å². The van der Waals surface area contributed by atoms with Crippen molar-refractivity contribution in [1.82, 2.24) is 19.3 Å². The Kier molecular flexibility index (Phi) is 7.18. The van der Waals surface area contributed by atoms with E-state index in [0.29, 0.717) is 23.9 Å². The number of thioether (sulfide) groups is 1. The van der Waals surface area contributed by atoms with E-state index in [-0.39, 0.29) is 11.9 Å². The lowest BCUT2D eigenvalue weighted by Gasteiger charge is -2.14. The Labute approximate surface area is 197 Å². The maximum absolute atomic E-state index is 13.0. The fourth-order valence-corrected chi connectivity index (χ4v) is 5.02. The van der Waals surface area contributed by atoms with Gasteiger partial charge in [-0.15, -0.1) is 16.8 Å². The number of ketones is 1. The lowest BCUT2D eigenvalue weighted by molar-refractivity contribution is 0.0953. The molecule has 0 N–H and O–H groups in total. The Morgan fingerprint density at radius 1 is 1.28 bits per heavy atom. The van der Waals surface area contributed by atoms with Gasteiger partial charge in [0.05, 0.1) is 18.4 Å². The van der Waals surface area contributed by atoms with Gasteiger partial charge < -0.3 is 9.30 Å². The quantitative estimate of drug-likeness (QED) is 0.239. The van der Waals surface area contributed by atoms with Crippen molar-refractivity contribution in [2.24, 2.45) is 0 Å². The second-order valence-corrected chi connectivity index (χ2v) is 9.33. The summed E-state index contributed by atoms with van der Waals surface area (Å²) >= 11 is 7.48. The van der Waals surface area contributed by atoms with Crippen molar-refractivity contribution in [2.45, 2.75) is 51.0 Å². The van der Waals surface area contributed by atoms with Crippen LogP contribution in [-0.2, 0) is 17.8 Å². The van der Waals surface area contributed by atoms with Gasteiger partial charge >= 0.3 is 0 Å². The lowest BCUT2D eigenvalue weighted by Crippen LogP contribution is -2.17. The Morgan fingerprint density at radius 2 is 2.06 bits per heavy atom. The minimum atomic E-state index is 0.0816. The van der Waals surface area contributed by atoms with Crippen molar-refractivity contribution in [3.8, 4) is 11.4 Å². The van der Waals surface area contributed by atoms with Crippen LogP contribution < -0.4 is 0 Å². The molecule has 2 aromatic heterocycles. The molecular formula is C24H27ClN4O2S. The molecule has 0 radical (unpaired) electrons. The first-order valence-electron chi connectivity index (χ1n) is 10.7. The maximum Gasteiger partial charge on any atom is 0.192 e. The van der Waals surface area contributed by atoms with Crippen LogP contribution in [0.5, 0.6) is 0 Å². The van der Waals surface area contributed by atoms with E-state index in [1.807, 2.05) is 50.3 Å². The van der Waals surface area contributed by atoms with Gasteiger partial charge in [-0.1, -0.05) is 29.4 Å². The molecule has 3 heterocycles. The third kappa shape index (κ3) is 4.85. The number of allylic oxidation sites excluding steroid dienone is 1. The molecular weight excluding hydrogens is 444 g/mol. The SMILES string of the molecule is C=CCn1c(C)cc(C(=O)CSc2nnc(-c3ccc(Cl)cc3)n2C[C@@H]2CCCO2)c1C. The normalized spacial score (nSPS) is 15.9. The first-order chi connectivity index (χ1) is 15.5. The highest BCUT2D eigenvalue weighted by Gasteiger charge is 2.23. The third-order valence-electron chi connectivity index (χ3n) is 5.75. The Hall–Kier alpha value is -2.35. The van der Waals surface area contributed by atoms with E-state index in [4.69, 9.17) is 16.3 Å². The van der Waals surface area contributed by atoms with Gasteiger partial charge in [0.1, 0.15) is 0 Å². The van der Waals surface area contributed by atoms with Crippen LogP contribution in [0.15, 0.2) is 48.1 Å². The van der Waals surface area contributed by atoms with E-state index in [1.165, 1.54) is 11.8 Å². The number of carbonyl (C=O) groups is 1. The number of hydrogen-bond acceptors (Lipinski definition) is 5. The van der Waals surface area contributed by atoms with Gasteiger partial charge in [-0.25, -0.2) is 0 Å². The summed E-state index contributed by atoms with van der Waals surface area (Å²) in [5, 5.41) is 10.2. The van der Waals surface area contributed by atoms with Gasteiger partial charge in [-0.05, 0) is 57.0 Å². The highest BCUT2D eigenvalue weighted by Crippen LogP contribution is 2.28. The smallest absolute Gasteiger partial charge is 0.192 e. The maximum atomic E-state index is 13.0. The molecule has 1 aromatic carbocycles. The van der Waals surface area contributed by atoms with E-state index in [2.05, 4.69) is 25.9 Å². The molecule has 3 aromatic rings. The zero-order valence-electron chi connectivity index (χ0n) is 18.4. The van der Waals surface area contributed by atoms with Gasteiger partial charge in [0.25, 0.3) is 0 Å². The van der Waals surface area contributed by atoms with Crippen molar-refractivity contribution in [3.05, 3.63) is 65.0 Å². The number of benzene rings is 1. The number of Topliss-reactive ketones (excluding diaryl/α,β-unsaturated/α-hetero) is 1. The minimum Gasteiger partial charge on any atom is -0.376 e. The summed E-state index contributed by atoms with van der Waals surface area (Å²) in [6.07, 6.45) is 4.04. The Bertz CT molecular complexity index is 1110. The number of hydrogen-bond donors (Lipinski definition) is 0. The summed E-state index contributed by atoms with van der Waals surface area (Å²) in [5.74, 6) is 1.14. The van der Waals surface area contributed by atoms with Crippen molar-refractivity contribution >= 4 is 29.1 Å². The summed E-state index contributed by atoms with van der Waals surface area (Å²) < 4.78 is 10.0. The molecule has 1 aliphatic rings. The van der Waals surface area contributed by atoms with E-state index >= 15 is 0 Å². The molecule has 0 spiro atoms. The van der Waals surface area contributed by atoms with Crippen molar-refractivity contribution in [3.63, 3.8) is 0 Å². The summed E-state index contributed by atoms with van der Waals surface area (Å²) in [6.45, 7) is 9.93. The summed E-state index contributed by atoms with van der Waals surface area (Å²) in [4.78, 5) is 13.0. The predicted octanol–water partition coefficient (Wildman–Crippen LogP) is 5.36. The standard InChI is InChI=1S/C24H27ClN4O2S/c1-4-11-28-16(2)13-21(17(28)3)22(30)15-32-24-27-26-23(18-7-9-19(25)10-8-18)29(24)14-20-6-5-12-31-20/h4,7-10,13,20H,1,5-6,11-12,14-15H2,2-3H3/t20-/m0/s1. The first kappa shape index (κ1) is 22.8. The number of halogens is 1. The predicted molar refractivity (Wildman–Crippen MR) is 129 cm³/mol. The largest absolute Gasteiger partial charge is 0.376 e. The van der Waals surface area contributed by atoms with E-state index in [0.717, 1.165) is 52.9 Å². The second-order valence-electron chi connectivity index (χ2n) is 7.95. The lowest BCUT2D eigenvalue weighted by atomic mass is 10.2. The molecule has 4 rings (SSSR count). The van der Waals surface area contributed by atoms with E-state index in [1.54, 1.807) is 0 Å². The van der Waals surface area contributed by atoms with Crippen LogP contribution in [0, 0.1) is 13.8 Å². The summed E-state index contributed by atoms with van der Waals surface area (Å²) in [7, 11) is 0. The van der Waals surface area contributed by atoms with Crippen molar-refractivity contribution < 1.29 is 9.53 Å². The highest BCUT2D eigenvalue weighted by atomic mass is 35.5. The number of ether oxygens (including phenoxy) is 1. The number of rotatable bonds is 9. The second kappa shape index (κ2) is 10.1. The van der Waals surface area contributed by atoms with Gasteiger partial charge in [0, 0.05) is 40.7 Å². The molecule has 8 heteroatoms. The van der Waals surface area contributed by atoms with E-state index in [9.17, 15) is 4.79 Å². The number of aromatic nitrogens is 4. The van der Waals surface area contributed by atoms with Crippen LogP contribution >= 0.6 is 23.4 Å². The van der Waals surface area contributed by atoms with Crippen LogP contribution in [0.4, 0.5) is 0 Å². The fourth-order valence-electron chi connectivity index (χ4n) is 4.07. The Balaban J connectivity index is 1.56. The molecule has 6 nitrogen and oxygen atoms in total. The fraction of sp³-hybridized carbons (Fsp3) is 0.375. The molecule has 0 saturated carbocycles. The number of aryl methyl sites for hydroxylation is 1. The van der Waals surface area contributed by atoms with Crippen molar-refractivity contribution in [2.75, 3.05) is 12.4 Å². The average Bonchev–Trinajstić information content (AvgIpc) is 3.50. The van der Waals surface area contributed by atoms with Crippen LogP contribution in [0.25, 0.3) is 11.4 Å².